The van der Waals surface area contributed by atoms with E-state index in [4.69, 9.17) is 15.2 Å². The normalized spacial score (nSPS) is 12.0. The molecule has 0 radical (unpaired) electrons. The first kappa shape index (κ1) is 15.4. The number of hydrogen-bond donors (Lipinski definition) is 1. The van der Waals surface area contributed by atoms with Crippen LogP contribution < -0.4 is 15.2 Å². The van der Waals surface area contributed by atoms with Gasteiger partial charge in [-0.2, -0.15) is 0 Å². The van der Waals surface area contributed by atoms with E-state index in [-0.39, 0.29) is 6.04 Å². The van der Waals surface area contributed by atoms with Gasteiger partial charge in [0.05, 0.1) is 14.2 Å². The van der Waals surface area contributed by atoms with Crippen LogP contribution in [0.5, 0.6) is 11.5 Å². The van der Waals surface area contributed by atoms with Crippen LogP contribution in [-0.4, -0.2) is 14.2 Å². The molecule has 2 N–H and O–H groups in total. The molecular weight excluding hydrogens is 262 g/mol. The van der Waals surface area contributed by atoms with E-state index in [0.717, 1.165) is 29.9 Å². The highest BCUT2D eigenvalue weighted by Gasteiger charge is 2.12. The summed E-state index contributed by atoms with van der Waals surface area (Å²) in [7, 11) is 3.29. The molecule has 112 valence electrons. The zero-order valence-electron chi connectivity index (χ0n) is 12.9. The molecule has 0 saturated carbocycles. The lowest BCUT2D eigenvalue weighted by molar-refractivity contribution is 0.354. The smallest absolute Gasteiger partial charge is 0.160 e. The van der Waals surface area contributed by atoms with Crippen LogP contribution in [0.1, 0.15) is 29.7 Å². The van der Waals surface area contributed by atoms with Crippen molar-refractivity contribution in [2.75, 3.05) is 14.2 Å². The summed E-state index contributed by atoms with van der Waals surface area (Å²) in [5.41, 5.74) is 10.1. The Morgan fingerprint density at radius 3 is 2.38 bits per heavy atom. The molecular formula is C18H23NO2. The van der Waals surface area contributed by atoms with Gasteiger partial charge in [0.25, 0.3) is 0 Å². The van der Waals surface area contributed by atoms with Crippen molar-refractivity contribution in [2.45, 2.75) is 25.8 Å². The molecule has 0 fully saturated rings. The second kappa shape index (κ2) is 7.14. The van der Waals surface area contributed by atoms with E-state index in [1.807, 2.05) is 24.3 Å². The standard InChI is InChI=1S/C18H23NO2/c1-4-14-7-5-6-8-15(14)16(19)11-13-9-10-17(20-2)18(12-13)21-3/h5-10,12,16H,4,11,19H2,1-3H3. The maximum absolute atomic E-state index is 6.39. The largest absolute Gasteiger partial charge is 0.493 e. The molecule has 0 aliphatic carbocycles. The number of rotatable bonds is 6. The quantitative estimate of drug-likeness (QED) is 0.883. The highest BCUT2D eigenvalue weighted by atomic mass is 16.5. The molecule has 0 saturated heterocycles. The molecule has 3 nitrogen and oxygen atoms in total. The minimum Gasteiger partial charge on any atom is -0.493 e. The van der Waals surface area contributed by atoms with E-state index in [0.29, 0.717) is 0 Å². The number of hydrogen-bond acceptors (Lipinski definition) is 3. The van der Waals surface area contributed by atoms with Gasteiger partial charge in [0.15, 0.2) is 11.5 Å². The van der Waals surface area contributed by atoms with Gasteiger partial charge in [-0.25, -0.2) is 0 Å². The Morgan fingerprint density at radius 2 is 1.71 bits per heavy atom. The first-order valence-corrected chi connectivity index (χ1v) is 7.23. The van der Waals surface area contributed by atoms with Gasteiger partial charge < -0.3 is 15.2 Å². The van der Waals surface area contributed by atoms with Crippen LogP contribution in [0.2, 0.25) is 0 Å². The lowest BCUT2D eigenvalue weighted by Crippen LogP contribution is -2.15. The summed E-state index contributed by atoms with van der Waals surface area (Å²) in [6.45, 7) is 2.15. The van der Waals surface area contributed by atoms with Gasteiger partial charge >= 0.3 is 0 Å². The molecule has 0 amide bonds. The second-order valence-electron chi connectivity index (χ2n) is 5.05. The predicted octanol–water partition coefficient (Wildman–Crippen LogP) is 3.51. The maximum atomic E-state index is 6.39. The molecule has 0 aliphatic rings. The van der Waals surface area contributed by atoms with Gasteiger partial charge in [0.2, 0.25) is 0 Å². The molecule has 0 heterocycles. The number of benzene rings is 2. The van der Waals surface area contributed by atoms with E-state index in [1.165, 1.54) is 11.1 Å². The Bertz CT molecular complexity index is 596. The fraction of sp³-hybridized carbons (Fsp3) is 0.333. The molecule has 1 atom stereocenters. The molecule has 3 heteroatoms. The third kappa shape index (κ3) is 3.56. The van der Waals surface area contributed by atoms with Gasteiger partial charge in [0.1, 0.15) is 0 Å². The van der Waals surface area contributed by atoms with Crippen molar-refractivity contribution in [1.82, 2.24) is 0 Å². The molecule has 0 aromatic heterocycles. The van der Waals surface area contributed by atoms with Crippen molar-refractivity contribution >= 4 is 0 Å². The molecule has 2 rings (SSSR count). The van der Waals surface area contributed by atoms with Crippen molar-refractivity contribution in [1.29, 1.82) is 0 Å². The highest BCUT2D eigenvalue weighted by Crippen LogP contribution is 2.29. The average Bonchev–Trinajstić information content (AvgIpc) is 2.54. The highest BCUT2D eigenvalue weighted by molar-refractivity contribution is 5.43. The molecule has 0 bridgehead atoms. The predicted molar refractivity (Wildman–Crippen MR) is 86.0 cm³/mol. The minimum atomic E-state index is -0.0146. The summed E-state index contributed by atoms with van der Waals surface area (Å²) in [5.74, 6) is 1.48. The number of methoxy groups -OCH3 is 2. The first-order chi connectivity index (χ1) is 10.2. The fourth-order valence-electron chi connectivity index (χ4n) is 2.59. The third-order valence-corrected chi connectivity index (χ3v) is 3.74. The van der Waals surface area contributed by atoms with Gasteiger partial charge in [0, 0.05) is 6.04 Å². The number of aryl methyl sites for hydroxylation is 1. The van der Waals surface area contributed by atoms with Gasteiger partial charge in [-0.05, 0) is 41.7 Å². The van der Waals surface area contributed by atoms with Crippen LogP contribution in [0.4, 0.5) is 0 Å². The van der Waals surface area contributed by atoms with E-state index in [9.17, 15) is 0 Å². The monoisotopic (exact) mass is 285 g/mol. The SMILES string of the molecule is CCc1ccccc1C(N)Cc1ccc(OC)c(OC)c1. The summed E-state index contributed by atoms with van der Waals surface area (Å²) in [6, 6.07) is 14.3. The van der Waals surface area contributed by atoms with E-state index in [2.05, 4.69) is 25.1 Å². The summed E-state index contributed by atoms with van der Waals surface area (Å²) in [4.78, 5) is 0. The lowest BCUT2D eigenvalue weighted by Gasteiger charge is -2.17. The van der Waals surface area contributed by atoms with Crippen molar-refractivity contribution in [3.63, 3.8) is 0 Å². The van der Waals surface area contributed by atoms with E-state index < -0.39 is 0 Å². The first-order valence-electron chi connectivity index (χ1n) is 7.23. The molecule has 0 aliphatic heterocycles. The Morgan fingerprint density at radius 1 is 1.00 bits per heavy atom. The summed E-state index contributed by atoms with van der Waals surface area (Å²) >= 11 is 0. The van der Waals surface area contributed by atoms with Crippen molar-refractivity contribution < 1.29 is 9.47 Å². The average molecular weight is 285 g/mol. The van der Waals surface area contributed by atoms with Crippen LogP contribution in [0, 0.1) is 0 Å². The van der Waals surface area contributed by atoms with Gasteiger partial charge in [-0.3, -0.25) is 0 Å². The molecule has 0 spiro atoms. The van der Waals surface area contributed by atoms with Gasteiger partial charge in [-0.1, -0.05) is 37.3 Å². The Kier molecular flexibility index (Phi) is 5.23. The Hall–Kier alpha value is -2.00. The summed E-state index contributed by atoms with van der Waals surface area (Å²) in [6.07, 6.45) is 1.77. The van der Waals surface area contributed by atoms with Crippen molar-refractivity contribution in [2.24, 2.45) is 5.73 Å². The number of nitrogens with two attached hydrogens (primary N) is 1. The second-order valence-corrected chi connectivity index (χ2v) is 5.05. The zero-order chi connectivity index (χ0) is 15.2. The minimum absolute atomic E-state index is 0.0146. The summed E-state index contributed by atoms with van der Waals surface area (Å²) < 4.78 is 10.6. The lowest BCUT2D eigenvalue weighted by atomic mass is 9.94. The molecule has 21 heavy (non-hydrogen) atoms. The van der Waals surface area contributed by atoms with Crippen LogP contribution in [0.3, 0.4) is 0 Å². The van der Waals surface area contributed by atoms with Gasteiger partial charge in [-0.15, -0.1) is 0 Å². The Labute approximate surface area is 126 Å². The van der Waals surface area contributed by atoms with Crippen LogP contribution >= 0.6 is 0 Å². The zero-order valence-corrected chi connectivity index (χ0v) is 12.9. The topological polar surface area (TPSA) is 44.5 Å². The third-order valence-electron chi connectivity index (χ3n) is 3.74. The number of ether oxygens (including phenoxy) is 2. The van der Waals surface area contributed by atoms with Crippen LogP contribution in [-0.2, 0) is 12.8 Å². The molecule has 1 unspecified atom stereocenters. The van der Waals surface area contributed by atoms with Crippen molar-refractivity contribution in [3.8, 4) is 11.5 Å². The van der Waals surface area contributed by atoms with Crippen LogP contribution in [0.15, 0.2) is 42.5 Å². The Balaban J connectivity index is 2.21. The maximum Gasteiger partial charge on any atom is 0.160 e. The molecule has 2 aromatic carbocycles. The van der Waals surface area contributed by atoms with Crippen molar-refractivity contribution in [3.05, 3.63) is 59.2 Å². The summed E-state index contributed by atoms with van der Waals surface area (Å²) in [5, 5.41) is 0. The molecule has 2 aromatic rings. The van der Waals surface area contributed by atoms with E-state index >= 15 is 0 Å². The fourth-order valence-corrected chi connectivity index (χ4v) is 2.59. The van der Waals surface area contributed by atoms with E-state index in [1.54, 1.807) is 14.2 Å². The van der Waals surface area contributed by atoms with Crippen LogP contribution in [0.25, 0.3) is 0 Å².